The number of rotatable bonds is 8. The lowest BCUT2D eigenvalue weighted by Crippen LogP contribution is -2.21. The van der Waals surface area contributed by atoms with E-state index >= 15 is 0 Å². The maximum atomic E-state index is 12.4. The van der Waals surface area contributed by atoms with Gasteiger partial charge >= 0.3 is 0 Å². The van der Waals surface area contributed by atoms with Crippen molar-refractivity contribution in [3.8, 4) is 0 Å². The number of benzene rings is 3. The number of nitrogens with one attached hydrogen (secondary N) is 2. The molecule has 0 radical (unpaired) electrons. The molecule has 0 atom stereocenters. The second kappa shape index (κ2) is 11.4. The van der Waals surface area contributed by atoms with Crippen LogP contribution in [0.5, 0.6) is 0 Å². The summed E-state index contributed by atoms with van der Waals surface area (Å²) in [5, 5.41) is 8.51. The average Bonchev–Trinajstić information content (AvgIpc) is 2.86. The van der Waals surface area contributed by atoms with Gasteiger partial charge in [-0.2, -0.15) is 10.2 Å². The molecule has 6 heteroatoms. The molecule has 0 saturated carbocycles. The minimum atomic E-state index is -0.339. The molecule has 6 nitrogen and oxygen atoms in total. The van der Waals surface area contributed by atoms with Gasteiger partial charge in [0.05, 0.1) is 11.4 Å². The quantitative estimate of drug-likeness (QED) is 0.402. The molecule has 0 bridgehead atoms. The summed E-state index contributed by atoms with van der Waals surface area (Å²) in [6.45, 7) is 3.96. The van der Waals surface area contributed by atoms with E-state index in [4.69, 9.17) is 0 Å². The number of carbonyl (C=O) groups excluding carboxylic acids is 2. The lowest BCUT2D eigenvalue weighted by atomic mass is 10.1. The molecule has 0 unspecified atom stereocenters. The molecule has 0 aliphatic rings. The van der Waals surface area contributed by atoms with Crippen molar-refractivity contribution in [2.45, 2.75) is 26.7 Å². The van der Waals surface area contributed by atoms with E-state index in [1.54, 1.807) is 24.3 Å². The standard InChI is InChI=1S/C26H26N4O2/c1-3-23(19-11-7-5-8-12-19)27-29-25(31)21-15-17-22(18-16-21)26(32)30-28-24(4-2)20-13-9-6-10-14-20/h5-18H,3-4H2,1-2H3,(H,29,31)(H,30,32)/b27-23-,28-24-. The molecule has 3 rings (SSSR count). The maximum absolute atomic E-state index is 12.4. The van der Waals surface area contributed by atoms with Gasteiger partial charge in [-0.15, -0.1) is 0 Å². The van der Waals surface area contributed by atoms with Crippen molar-refractivity contribution in [1.82, 2.24) is 10.9 Å². The number of hydrogen-bond acceptors (Lipinski definition) is 4. The summed E-state index contributed by atoms with van der Waals surface area (Å²) < 4.78 is 0. The molecular weight excluding hydrogens is 400 g/mol. The van der Waals surface area contributed by atoms with Crippen molar-refractivity contribution in [2.75, 3.05) is 0 Å². The van der Waals surface area contributed by atoms with Crippen molar-refractivity contribution in [1.29, 1.82) is 0 Å². The third kappa shape index (κ3) is 5.98. The summed E-state index contributed by atoms with van der Waals surface area (Å²) in [6.07, 6.45) is 1.37. The average molecular weight is 427 g/mol. The van der Waals surface area contributed by atoms with E-state index in [2.05, 4.69) is 21.1 Å². The van der Waals surface area contributed by atoms with Gasteiger partial charge in [-0.25, -0.2) is 10.9 Å². The van der Waals surface area contributed by atoms with Gasteiger partial charge in [0.15, 0.2) is 0 Å². The summed E-state index contributed by atoms with van der Waals surface area (Å²) in [5.41, 5.74) is 9.51. The molecule has 0 fully saturated rings. The molecule has 32 heavy (non-hydrogen) atoms. The summed E-state index contributed by atoms with van der Waals surface area (Å²) in [7, 11) is 0. The Bertz CT molecular complexity index is 1020. The van der Waals surface area contributed by atoms with Crippen LogP contribution < -0.4 is 10.9 Å². The fourth-order valence-electron chi connectivity index (χ4n) is 3.10. The van der Waals surface area contributed by atoms with Crippen LogP contribution in [0, 0.1) is 0 Å². The first-order chi connectivity index (χ1) is 15.6. The summed E-state index contributed by atoms with van der Waals surface area (Å²) in [4.78, 5) is 24.9. The van der Waals surface area contributed by atoms with E-state index in [0.717, 1.165) is 22.6 Å². The second-order valence-corrected chi connectivity index (χ2v) is 7.02. The Labute approximate surface area is 188 Å². The van der Waals surface area contributed by atoms with Crippen LogP contribution in [0.2, 0.25) is 0 Å². The first-order valence-corrected chi connectivity index (χ1v) is 10.6. The first kappa shape index (κ1) is 22.6. The zero-order valence-corrected chi connectivity index (χ0v) is 18.2. The highest BCUT2D eigenvalue weighted by Crippen LogP contribution is 2.08. The van der Waals surface area contributed by atoms with Gasteiger partial charge in [0.2, 0.25) is 0 Å². The number of hydrazone groups is 2. The molecular formula is C26H26N4O2. The van der Waals surface area contributed by atoms with Crippen molar-refractivity contribution in [2.24, 2.45) is 10.2 Å². The number of carbonyl (C=O) groups is 2. The van der Waals surface area contributed by atoms with Crippen LogP contribution in [0.4, 0.5) is 0 Å². The van der Waals surface area contributed by atoms with Crippen LogP contribution in [0.1, 0.15) is 58.5 Å². The Morgan fingerprint density at radius 2 is 0.906 bits per heavy atom. The van der Waals surface area contributed by atoms with Gasteiger partial charge in [-0.3, -0.25) is 9.59 Å². The Morgan fingerprint density at radius 1 is 0.562 bits per heavy atom. The van der Waals surface area contributed by atoms with Crippen LogP contribution in [-0.2, 0) is 0 Å². The molecule has 0 aromatic heterocycles. The third-order valence-corrected chi connectivity index (χ3v) is 4.88. The zero-order valence-electron chi connectivity index (χ0n) is 18.2. The highest BCUT2D eigenvalue weighted by Gasteiger charge is 2.10. The predicted octanol–water partition coefficient (Wildman–Crippen LogP) is 4.77. The first-order valence-electron chi connectivity index (χ1n) is 10.6. The number of amides is 2. The van der Waals surface area contributed by atoms with Crippen LogP contribution in [0.15, 0.2) is 95.1 Å². The van der Waals surface area contributed by atoms with Gasteiger partial charge < -0.3 is 0 Å². The molecule has 0 aliphatic carbocycles. The third-order valence-electron chi connectivity index (χ3n) is 4.88. The van der Waals surface area contributed by atoms with E-state index < -0.39 is 0 Å². The second-order valence-electron chi connectivity index (χ2n) is 7.02. The van der Waals surface area contributed by atoms with Crippen LogP contribution in [0.25, 0.3) is 0 Å². The van der Waals surface area contributed by atoms with Crippen LogP contribution in [-0.4, -0.2) is 23.2 Å². The molecule has 162 valence electrons. The SMILES string of the molecule is CC/C(=N/NC(=O)c1ccc(C(=O)N/N=C(/CC)c2ccccc2)cc1)c1ccccc1. The van der Waals surface area contributed by atoms with Crippen molar-refractivity contribution in [3.63, 3.8) is 0 Å². The minimum Gasteiger partial charge on any atom is -0.267 e. The minimum absolute atomic E-state index is 0.339. The normalized spacial score (nSPS) is 11.7. The monoisotopic (exact) mass is 426 g/mol. The summed E-state index contributed by atoms with van der Waals surface area (Å²) in [6, 6.07) is 25.8. The lowest BCUT2D eigenvalue weighted by Gasteiger charge is -2.07. The van der Waals surface area contributed by atoms with Crippen molar-refractivity contribution >= 4 is 23.2 Å². The van der Waals surface area contributed by atoms with E-state index in [-0.39, 0.29) is 11.8 Å². The molecule has 3 aromatic carbocycles. The Morgan fingerprint density at radius 3 is 1.22 bits per heavy atom. The Balaban J connectivity index is 1.64. The molecule has 0 aliphatic heterocycles. The fraction of sp³-hybridized carbons (Fsp3) is 0.154. The molecule has 3 aromatic rings. The molecule has 2 N–H and O–H groups in total. The number of hydrogen-bond donors (Lipinski definition) is 2. The zero-order chi connectivity index (χ0) is 22.8. The molecule has 2 amide bonds. The highest BCUT2D eigenvalue weighted by atomic mass is 16.2. The van der Waals surface area contributed by atoms with Gasteiger partial charge in [0.1, 0.15) is 0 Å². The topological polar surface area (TPSA) is 82.9 Å². The van der Waals surface area contributed by atoms with Crippen molar-refractivity contribution < 1.29 is 9.59 Å². The molecule has 0 saturated heterocycles. The molecule has 0 spiro atoms. The van der Waals surface area contributed by atoms with E-state index in [0.29, 0.717) is 24.0 Å². The highest BCUT2D eigenvalue weighted by molar-refractivity contribution is 6.03. The Kier molecular flexibility index (Phi) is 8.03. The van der Waals surface area contributed by atoms with E-state index in [9.17, 15) is 9.59 Å². The van der Waals surface area contributed by atoms with Gasteiger partial charge in [-0.05, 0) is 48.2 Å². The largest absolute Gasteiger partial charge is 0.271 e. The van der Waals surface area contributed by atoms with E-state index in [1.807, 2.05) is 74.5 Å². The van der Waals surface area contributed by atoms with Crippen LogP contribution >= 0.6 is 0 Å². The Hall–Kier alpha value is -4.06. The lowest BCUT2D eigenvalue weighted by molar-refractivity contribution is 0.0943. The maximum Gasteiger partial charge on any atom is 0.271 e. The summed E-state index contributed by atoms with van der Waals surface area (Å²) >= 11 is 0. The van der Waals surface area contributed by atoms with Gasteiger partial charge in [0.25, 0.3) is 11.8 Å². The van der Waals surface area contributed by atoms with Crippen LogP contribution in [0.3, 0.4) is 0 Å². The smallest absolute Gasteiger partial charge is 0.267 e. The predicted molar refractivity (Wildman–Crippen MR) is 128 cm³/mol. The fourth-order valence-corrected chi connectivity index (χ4v) is 3.10. The van der Waals surface area contributed by atoms with Gasteiger partial charge in [0, 0.05) is 11.1 Å². The van der Waals surface area contributed by atoms with E-state index in [1.165, 1.54) is 0 Å². The summed E-state index contributed by atoms with van der Waals surface area (Å²) in [5.74, 6) is -0.677. The van der Waals surface area contributed by atoms with Crippen molar-refractivity contribution in [3.05, 3.63) is 107 Å². The molecule has 0 heterocycles. The van der Waals surface area contributed by atoms with Gasteiger partial charge in [-0.1, -0.05) is 74.5 Å². The number of nitrogens with zero attached hydrogens (tertiary/aromatic N) is 2.